The summed E-state index contributed by atoms with van der Waals surface area (Å²) in [6.07, 6.45) is 0.918. The van der Waals surface area contributed by atoms with Crippen LogP contribution >= 0.6 is 0 Å². The molecule has 0 radical (unpaired) electrons. The van der Waals surface area contributed by atoms with Crippen molar-refractivity contribution in [1.29, 1.82) is 0 Å². The van der Waals surface area contributed by atoms with E-state index in [2.05, 4.69) is 10.6 Å². The van der Waals surface area contributed by atoms with Crippen LogP contribution in [0.3, 0.4) is 0 Å². The molecular formula is C24H32N4O4S. The van der Waals surface area contributed by atoms with Crippen molar-refractivity contribution in [2.75, 3.05) is 42.9 Å². The fourth-order valence-electron chi connectivity index (χ4n) is 3.88. The van der Waals surface area contributed by atoms with Crippen molar-refractivity contribution >= 4 is 33.2 Å². The number of nitrogens with one attached hydrogen (secondary N) is 2. The number of carbonyl (C=O) groups is 2. The molecule has 0 bridgehead atoms. The van der Waals surface area contributed by atoms with Crippen LogP contribution in [-0.4, -0.2) is 57.3 Å². The van der Waals surface area contributed by atoms with Crippen molar-refractivity contribution in [1.82, 2.24) is 9.62 Å². The quantitative estimate of drug-likeness (QED) is 0.490. The van der Waals surface area contributed by atoms with Gasteiger partial charge in [0.1, 0.15) is 0 Å². The Bertz CT molecular complexity index is 1040. The standard InChI is InChI=1S/C24H32N4O4S/c1-3-27(4-2)33(31,32)22-13-11-21(12-14-22)28-18-19(17-23(28)29)24(30)26-16-8-15-25-20-9-6-5-7-10-20/h5-7,9-14,19,25H,3-4,8,15-18H2,1-2H3,(H,26,30). The van der Waals surface area contributed by atoms with E-state index in [1.807, 2.05) is 30.3 Å². The number of amides is 2. The third-order valence-corrected chi connectivity index (χ3v) is 7.81. The third kappa shape index (κ3) is 6.11. The van der Waals surface area contributed by atoms with Gasteiger partial charge in [0.25, 0.3) is 0 Å². The average Bonchev–Trinajstić information content (AvgIpc) is 3.22. The van der Waals surface area contributed by atoms with E-state index in [0.717, 1.165) is 18.7 Å². The van der Waals surface area contributed by atoms with E-state index in [1.165, 1.54) is 16.4 Å². The lowest BCUT2D eigenvalue weighted by atomic mass is 10.1. The van der Waals surface area contributed by atoms with Crippen LogP contribution in [0.15, 0.2) is 59.5 Å². The van der Waals surface area contributed by atoms with Gasteiger partial charge in [0.15, 0.2) is 0 Å². The first kappa shape index (κ1) is 24.7. The number of nitrogens with zero attached hydrogens (tertiary/aromatic N) is 2. The first-order valence-electron chi connectivity index (χ1n) is 11.3. The Morgan fingerprint density at radius 3 is 2.33 bits per heavy atom. The number of carbonyl (C=O) groups excluding carboxylic acids is 2. The zero-order chi connectivity index (χ0) is 23.8. The summed E-state index contributed by atoms with van der Waals surface area (Å²) >= 11 is 0. The van der Waals surface area contributed by atoms with Crippen molar-refractivity contribution in [3.05, 3.63) is 54.6 Å². The van der Waals surface area contributed by atoms with Gasteiger partial charge in [0.05, 0.1) is 10.8 Å². The molecule has 1 heterocycles. The van der Waals surface area contributed by atoms with E-state index in [1.54, 1.807) is 30.9 Å². The van der Waals surface area contributed by atoms with E-state index < -0.39 is 15.9 Å². The van der Waals surface area contributed by atoms with Crippen molar-refractivity contribution < 1.29 is 18.0 Å². The predicted molar refractivity (Wildman–Crippen MR) is 130 cm³/mol. The average molecular weight is 473 g/mol. The number of sulfonamides is 1. The minimum Gasteiger partial charge on any atom is -0.385 e. The molecule has 1 aliphatic rings. The maximum atomic E-state index is 12.6. The molecule has 0 saturated carbocycles. The van der Waals surface area contributed by atoms with E-state index in [9.17, 15) is 18.0 Å². The second kappa shape index (κ2) is 11.3. The lowest BCUT2D eigenvalue weighted by Crippen LogP contribution is -2.34. The Morgan fingerprint density at radius 2 is 1.70 bits per heavy atom. The third-order valence-electron chi connectivity index (χ3n) is 5.74. The van der Waals surface area contributed by atoms with E-state index in [0.29, 0.717) is 25.3 Å². The highest BCUT2D eigenvalue weighted by Gasteiger charge is 2.35. The summed E-state index contributed by atoms with van der Waals surface area (Å²) in [5.41, 5.74) is 1.64. The second-order valence-electron chi connectivity index (χ2n) is 7.93. The van der Waals surface area contributed by atoms with Gasteiger partial charge in [-0.1, -0.05) is 32.0 Å². The SMILES string of the molecule is CCN(CC)S(=O)(=O)c1ccc(N2CC(C(=O)NCCCNc3ccccc3)CC2=O)cc1. The molecule has 9 heteroatoms. The highest BCUT2D eigenvalue weighted by Crippen LogP contribution is 2.27. The minimum atomic E-state index is -3.55. The number of benzene rings is 2. The monoisotopic (exact) mass is 472 g/mol. The Kier molecular flexibility index (Phi) is 8.46. The number of hydrogen-bond donors (Lipinski definition) is 2. The summed E-state index contributed by atoms with van der Waals surface area (Å²) in [7, 11) is -3.55. The van der Waals surface area contributed by atoms with Crippen molar-refractivity contribution in [3.63, 3.8) is 0 Å². The van der Waals surface area contributed by atoms with Gasteiger partial charge in [-0.2, -0.15) is 4.31 Å². The fourth-order valence-corrected chi connectivity index (χ4v) is 5.33. The highest BCUT2D eigenvalue weighted by molar-refractivity contribution is 7.89. The van der Waals surface area contributed by atoms with Gasteiger partial charge in [-0.3, -0.25) is 9.59 Å². The summed E-state index contributed by atoms with van der Waals surface area (Å²) in [6, 6.07) is 16.2. The minimum absolute atomic E-state index is 0.133. The smallest absolute Gasteiger partial charge is 0.243 e. The van der Waals surface area contributed by atoms with Crippen molar-refractivity contribution in [3.8, 4) is 0 Å². The molecule has 1 atom stereocenters. The van der Waals surface area contributed by atoms with E-state index in [4.69, 9.17) is 0 Å². The zero-order valence-electron chi connectivity index (χ0n) is 19.2. The molecule has 0 aromatic heterocycles. The molecule has 2 aromatic carbocycles. The van der Waals surface area contributed by atoms with Gasteiger partial charge in [0.2, 0.25) is 21.8 Å². The van der Waals surface area contributed by atoms with Crippen LogP contribution in [-0.2, 0) is 19.6 Å². The summed E-state index contributed by atoms with van der Waals surface area (Å²) in [5, 5.41) is 6.21. The number of hydrogen-bond acceptors (Lipinski definition) is 5. The van der Waals surface area contributed by atoms with Gasteiger partial charge in [0, 0.05) is 50.5 Å². The van der Waals surface area contributed by atoms with E-state index in [-0.39, 0.29) is 29.7 Å². The molecule has 1 aliphatic heterocycles. The Hall–Kier alpha value is -2.91. The number of rotatable bonds is 11. The molecule has 3 rings (SSSR count). The van der Waals surface area contributed by atoms with Crippen LogP contribution in [0.2, 0.25) is 0 Å². The van der Waals surface area contributed by atoms with Gasteiger partial charge in [-0.05, 0) is 42.8 Å². The zero-order valence-corrected chi connectivity index (χ0v) is 20.0. The largest absolute Gasteiger partial charge is 0.385 e. The number of para-hydroxylation sites is 1. The lowest BCUT2D eigenvalue weighted by Gasteiger charge is -2.20. The van der Waals surface area contributed by atoms with Crippen LogP contribution in [0.4, 0.5) is 11.4 Å². The van der Waals surface area contributed by atoms with Crippen LogP contribution in [0.5, 0.6) is 0 Å². The normalized spacial score (nSPS) is 16.3. The molecule has 2 amide bonds. The van der Waals surface area contributed by atoms with Crippen molar-refractivity contribution in [2.24, 2.45) is 5.92 Å². The maximum Gasteiger partial charge on any atom is 0.243 e. The highest BCUT2D eigenvalue weighted by atomic mass is 32.2. The lowest BCUT2D eigenvalue weighted by molar-refractivity contribution is -0.126. The first-order valence-corrected chi connectivity index (χ1v) is 12.8. The topological polar surface area (TPSA) is 98.8 Å². The molecule has 0 spiro atoms. The Labute approximate surface area is 196 Å². The van der Waals surface area contributed by atoms with Crippen LogP contribution in [0, 0.1) is 5.92 Å². The second-order valence-corrected chi connectivity index (χ2v) is 9.86. The summed E-state index contributed by atoms with van der Waals surface area (Å²) in [4.78, 5) is 26.8. The molecule has 2 N–H and O–H groups in total. The first-order chi connectivity index (χ1) is 15.9. The van der Waals surface area contributed by atoms with Gasteiger partial charge < -0.3 is 15.5 Å². The predicted octanol–water partition coefficient (Wildman–Crippen LogP) is 2.69. The van der Waals surface area contributed by atoms with Crippen molar-refractivity contribution in [2.45, 2.75) is 31.6 Å². The molecule has 1 fully saturated rings. The fraction of sp³-hybridized carbons (Fsp3) is 0.417. The van der Waals surface area contributed by atoms with Crippen LogP contribution in [0.1, 0.15) is 26.7 Å². The van der Waals surface area contributed by atoms with Gasteiger partial charge in [-0.15, -0.1) is 0 Å². The molecule has 1 saturated heterocycles. The summed E-state index contributed by atoms with van der Waals surface area (Å²) in [6.45, 7) is 5.93. The molecule has 0 aliphatic carbocycles. The maximum absolute atomic E-state index is 12.6. The van der Waals surface area contributed by atoms with Gasteiger partial charge in [-0.25, -0.2) is 8.42 Å². The molecule has 33 heavy (non-hydrogen) atoms. The molecule has 2 aromatic rings. The number of anilines is 2. The molecule has 1 unspecified atom stereocenters. The Balaban J connectivity index is 1.50. The summed E-state index contributed by atoms with van der Waals surface area (Å²) < 4.78 is 26.7. The summed E-state index contributed by atoms with van der Waals surface area (Å²) in [5.74, 6) is -0.690. The van der Waals surface area contributed by atoms with E-state index >= 15 is 0 Å². The van der Waals surface area contributed by atoms with Crippen LogP contribution in [0.25, 0.3) is 0 Å². The molecular weight excluding hydrogens is 440 g/mol. The van der Waals surface area contributed by atoms with Crippen LogP contribution < -0.4 is 15.5 Å². The molecule has 8 nitrogen and oxygen atoms in total. The molecule has 178 valence electrons. The Morgan fingerprint density at radius 1 is 1.03 bits per heavy atom. The van der Waals surface area contributed by atoms with Gasteiger partial charge >= 0.3 is 0 Å².